The molecule has 0 radical (unpaired) electrons. The van der Waals surface area contributed by atoms with Gasteiger partial charge in [-0.15, -0.1) is 0 Å². The van der Waals surface area contributed by atoms with Crippen LogP contribution in [0.4, 0.5) is 11.4 Å². The summed E-state index contributed by atoms with van der Waals surface area (Å²) in [5.74, 6) is 0.251. The van der Waals surface area contributed by atoms with Crippen molar-refractivity contribution in [1.82, 2.24) is 0 Å². The van der Waals surface area contributed by atoms with E-state index in [1.54, 1.807) is 12.2 Å². The zero-order valence-corrected chi connectivity index (χ0v) is 21.3. The summed E-state index contributed by atoms with van der Waals surface area (Å²) in [5.41, 5.74) is 6.49. The molecule has 0 aromatic heterocycles. The molecule has 0 saturated carbocycles. The van der Waals surface area contributed by atoms with Gasteiger partial charge in [-0.25, -0.2) is 0 Å². The van der Waals surface area contributed by atoms with Gasteiger partial charge < -0.3 is 9.80 Å². The number of allylic oxidation sites excluding steroid dienone is 4. The van der Waals surface area contributed by atoms with Crippen LogP contribution in [0.5, 0.6) is 0 Å². The number of ketones is 2. The molecule has 178 valence electrons. The van der Waals surface area contributed by atoms with E-state index in [4.69, 9.17) is 0 Å². The third kappa shape index (κ3) is 4.11. The Hall–Kier alpha value is -3.14. The van der Waals surface area contributed by atoms with E-state index in [-0.39, 0.29) is 22.4 Å². The van der Waals surface area contributed by atoms with Crippen molar-refractivity contribution in [1.29, 1.82) is 0 Å². The van der Waals surface area contributed by atoms with Gasteiger partial charge in [0.15, 0.2) is 11.6 Å². The highest BCUT2D eigenvalue weighted by atomic mass is 16.1. The number of anilines is 2. The van der Waals surface area contributed by atoms with Gasteiger partial charge in [0, 0.05) is 72.7 Å². The van der Waals surface area contributed by atoms with Gasteiger partial charge in [0.2, 0.25) is 0 Å². The molecule has 34 heavy (non-hydrogen) atoms. The molecule has 4 rings (SSSR count). The van der Waals surface area contributed by atoms with E-state index in [0.717, 1.165) is 22.8 Å². The summed E-state index contributed by atoms with van der Waals surface area (Å²) in [5, 5.41) is 0. The summed E-state index contributed by atoms with van der Waals surface area (Å²) >= 11 is 0. The first-order valence-electron chi connectivity index (χ1n) is 12.2. The smallest absolute Gasteiger partial charge is 0.157 e. The lowest BCUT2D eigenvalue weighted by molar-refractivity contribution is -0.116. The molecule has 0 fully saturated rings. The average Bonchev–Trinajstić information content (AvgIpc) is 3.12. The minimum atomic E-state index is -0.194. The molecule has 0 unspecified atom stereocenters. The van der Waals surface area contributed by atoms with Crippen LogP contribution in [0.3, 0.4) is 0 Å². The number of carbonyl (C=O) groups is 2. The zero-order valence-electron chi connectivity index (χ0n) is 21.3. The number of likely N-dealkylation sites (N-methyl/N-ethyl adjacent to an activating group) is 2. The van der Waals surface area contributed by atoms with Crippen molar-refractivity contribution < 1.29 is 9.59 Å². The van der Waals surface area contributed by atoms with Gasteiger partial charge in [0.1, 0.15) is 0 Å². The van der Waals surface area contributed by atoms with Crippen molar-refractivity contribution in [2.24, 2.45) is 0 Å². The van der Waals surface area contributed by atoms with Crippen LogP contribution in [0.25, 0.3) is 0 Å². The number of hydrogen-bond acceptors (Lipinski definition) is 4. The molecule has 0 aliphatic carbocycles. The summed E-state index contributed by atoms with van der Waals surface area (Å²) in [7, 11) is 4.05. The minimum absolute atomic E-state index is 0.126. The van der Waals surface area contributed by atoms with Gasteiger partial charge in [-0.2, -0.15) is 0 Å². The highest BCUT2D eigenvalue weighted by Crippen LogP contribution is 2.47. The first kappa shape index (κ1) is 24.0. The Morgan fingerprint density at radius 1 is 0.676 bits per heavy atom. The van der Waals surface area contributed by atoms with Crippen molar-refractivity contribution in [2.45, 2.75) is 64.2 Å². The summed E-state index contributed by atoms with van der Waals surface area (Å²) in [4.78, 5) is 29.8. The molecule has 2 heterocycles. The topological polar surface area (TPSA) is 40.6 Å². The summed E-state index contributed by atoms with van der Waals surface area (Å²) < 4.78 is 0. The molecule has 0 spiro atoms. The second kappa shape index (κ2) is 8.90. The van der Waals surface area contributed by atoms with Crippen LogP contribution in [0.15, 0.2) is 72.1 Å². The second-order valence-corrected chi connectivity index (χ2v) is 10.6. The summed E-state index contributed by atoms with van der Waals surface area (Å²) in [6, 6.07) is 16.6. The molecule has 2 aliphatic heterocycles. The molecule has 0 N–H and O–H groups in total. The fourth-order valence-electron chi connectivity index (χ4n) is 5.57. The number of nitrogens with zero attached hydrogens (tertiary/aromatic N) is 2. The molecule has 2 aliphatic rings. The van der Waals surface area contributed by atoms with E-state index in [1.807, 2.05) is 26.2 Å². The van der Waals surface area contributed by atoms with Gasteiger partial charge >= 0.3 is 0 Å². The van der Waals surface area contributed by atoms with Crippen LogP contribution < -0.4 is 9.80 Å². The van der Waals surface area contributed by atoms with E-state index in [1.165, 1.54) is 11.1 Å². The highest BCUT2D eigenvalue weighted by molar-refractivity contribution is 5.93. The van der Waals surface area contributed by atoms with Crippen LogP contribution in [-0.2, 0) is 20.4 Å². The lowest BCUT2D eigenvalue weighted by atomic mass is 9.83. The van der Waals surface area contributed by atoms with E-state index < -0.39 is 0 Å². The molecule has 0 saturated heterocycles. The van der Waals surface area contributed by atoms with Gasteiger partial charge in [-0.05, 0) is 36.1 Å². The molecule has 4 nitrogen and oxygen atoms in total. The largest absolute Gasteiger partial charge is 0.347 e. The molecular formula is C30H36N2O2. The number of rotatable bonds is 7. The van der Waals surface area contributed by atoms with Crippen LogP contribution in [-0.4, -0.2) is 25.7 Å². The van der Waals surface area contributed by atoms with Crippen LogP contribution in [0.2, 0.25) is 0 Å². The normalized spacial score (nSPS) is 20.1. The molecule has 2 aromatic carbocycles. The lowest BCUT2D eigenvalue weighted by Crippen LogP contribution is -2.24. The molecule has 2 aromatic rings. The fraction of sp³-hybridized carbons (Fsp3) is 0.400. The maximum atomic E-state index is 12.8. The zero-order chi connectivity index (χ0) is 24.7. The maximum absolute atomic E-state index is 12.8. The molecule has 0 amide bonds. The number of para-hydroxylation sites is 2. The first-order chi connectivity index (χ1) is 16.0. The standard InChI is InChI=1S/C30H36N2O2/c1-29(2)23-15-9-11-17-25(23)31(5)27(29)19-21(33)13-7-8-14-22(34)20-28-30(3,4)24-16-10-12-18-26(24)32(28)6/h9-12,15-20H,7-8,13-14H2,1-6H3/b27-19+,28-20+. The molecular weight excluding hydrogens is 420 g/mol. The van der Waals surface area contributed by atoms with E-state index in [9.17, 15) is 9.59 Å². The Bertz CT molecular complexity index is 1090. The van der Waals surface area contributed by atoms with Gasteiger partial charge in [0.25, 0.3) is 0 Å². The van der Waals surface area contributed by atoms with Crippen molar-refractivity contribution in [3.05, 3.63) is 83.2 Å². The molecule has 0 bridgehead atoms. The molecule has 4 heteroatoms. The van der Waals surface area contributed by atoms with E-state index in [0.29, 0.717) is 25.7 Å². The van der Waals surface area contributed by atoms with Gasteiger partial charge in [-0.3, -0.25) is 9.59 Å². The Kier molecular flexibility index (Phi) is 6.28. The Labute approximate surface area is 204 Å². The minimum Gasteiger partial charge on any atom is -0.347 e. The quantitative estimate of drug-likeness (QED) is 0.362. The van der Waals surface area contributed by atoms with Crippen LogP contribution in [0.1, 0.15) is 64.5 Å². The van der Waals surface area contributed by atoms with Crippen molar-refractivity contribution in [2.75, 3.05) is 23.9 Å². The third-order valence-corrected chi connectivity index (χ3v) is 7.57. The number of carbonyl (C=O) groups excluding carboxylic acids is 2. The van der Waals surface area contributed by atoms with Crippen molar-refractivity contribution in [3.8, 4) is 0 Å². The SMILES string of the molecule is CN1/C(=C/C(=O)CCCCC(=O)/C=C2/N(C)c3ccccc3C2(C)C)C(C)(C)c2ccccc21. The van der Waals surface area contributed by atoms with Gasteiger partial charge in [0.05, 0.1) is 0 Å². The van der Waals surface area contributed by atoms with Crippen LogP contribution in [0, 0.1) is 0 Å². The lowest BCUT2D eigenvalue weighted by Gasteiger charge is -2.24. The average molecular weight is 457 g/mol. The Balaban J connectivity index is 1.33. The number of benzene rings is 2. The predicted molar refractivity (Wildman–Crippen MR) is 140 cm³/mol. The first-order valence-corrected chi connectivity index (χ1v) is 12.2. The fourth-order valence-corrected chi connectivity index (χ4v) is 5.57. The van der Waals surface area contributed by atoms with Crippen LogP contribution >= 0.6 is 0 Å². The van der Waals surface area contributed by atoms with E-state index in [2.05, 4.69) is 73.9 Å². The van der Waals surface area contributed by atoms with Crippen molar-refractivity contribution >= 4 is 22.9 Å². The number of hydrogen-bond donors (Lipinski definition) is 0. The van der Waals surface area contributed by atoms with E-state index >= 15 is 0 Å². The highest BCUT2D eigenvalue weighted by Gasteiger charge is 2.39. The number of unbranched alkanes of at least 4 members (excludes halogenated alkanes) is 1. The number of fused-ring (bicyclic) bond motifs is 2. The summed E-state index contributed by atoms with van der Waals surface area (Å²) in [6.45, 7) is 8.67. The predicted octanol–water partition coefficient (Wildman–Crippen LogP) is 6.31. The Morgan fingerprint density at radius 3 is 1.38 bits per heavy atom. The third-order valence-electron chi connectivity index (χ3n) is 7.57. The van der Waals surface area contributed by atoms with Gasteiger partial charge in [-0.1, -0.05) is 64.1 Å². The Morgan fingerprint density at radius 2 is 1.03 bits per heavy atom. The second-order valence-electron chi connectivity index (χ2n) is 10.6. The maximum Gasteiger partial charge on any atom is 0.157 e. The van der Waals surface area contributed by atoms with Crippen molar-refractivity contribution in [3.63, 3.8) is 0 Å². The summed E-state index contributed by atoms with van der Waals surface area (Å²) in [6.07, 6.45) is 5.96. The molecule has 0 atom stereocenters. The monoisotopic (exact) mass is 456 g/mol.